The predicted molar refractivity (Wildman–Crippen MR) is 129 cm³/mol. The molecule has 2 aliphatic carbocycles. The van der Waals surface area contributed by atoms with Gasteiger partial charge in [0.05, 0.1) is 27.9 Å². The summed E-state index contributed by atoms with van der Waals surface area (Å²) in [6.07, 6.45) is 2.29. The molecule has 1 heterocycles. The number of fused-ring (bicyclic) bond motifs is 1. The van der Waals surface area contributed by atoms with Crippen molar-refractivity contribution in [3.8, 4) is 0 Å². The highest BCUT2D eigenvalue weighted by atomic mass is 79.9. The Hall–Kier alpha value is -2.67. The van der Waals surface area contributed by atoms with Crippen LogP contribution >= 0.6 is 15.9 Å². The molecule has 33 heavy (non-hydrogen) atoms. The van der Waals surface area contributed by atoms with Gasteiger partial charge in [-0.15, -0.1) is 0 Å². The Kier molecular flexibility index (Phi) is 5.77. The lowest BCUT2D eigenvalue weighted by molar-refractivity contribution is -0.145. The van der Waals surface area contributed by atoms with Crippen molar-refractivity contribution in [2.24, 2.45) is 23.7 Å². The van der Waals surface area contributed by atoms with Gasteiger partial charge in [0.1, 0.15) is 6.10 Å². The van der Waals surface area contributed by atoms with Crippen molar-refractivity contribution in [2.75, 3.05) is 10.6 Å². The van der Waals surface area contributed by atoms with E-state index >= 15 is 0 Å². The summed E-state index contributed by atoms with van der Waals surface area (Å²) in [6, 6.07) is 13.0. The fourth-order valence-corrected chi connectivity index (χ4v) is 6.97. The van der Waals surface area contributed by atoms with Crippen LogP contribution in [0.4, 0.5) is 11.4 Å². The molecule has 2 N–H and O–H groups in total. The van der Waals surface area contributed by atoms with Gasteiger partial charge in [0.2, 0.25) is 5.91 Å². The van der Waals surface area contributed by atoms with Crippen molar-refractivity contribution < 1.29 is 19.1 Å². The first kappa shape index (κ1) is 22.1. The first-order valence-electron chi connectivity index (χ1n) is 11.6. The molecule has 2 aromatic carbocycles. The second-order valence-electron chi connectivity index (χ2n) is 9.11. The maximum absolute atomic E-state index is 13.3. The summed E-state index contributed by atoms with van der Waals surface area (Å²) in [7, 11) is 0. The van der Waals surface area contributed by atoms with Gasteiger partial charge in [0.15, 0.2) is 0 Å². The van der Waals surface area contributed by atoms with Crippen molar-refractivity contribution in [2.45, 2.75) is 44.0 Å². The number of amides is 2. The highest BCUT2D eigenvalue weighted by Crippen LogP contribution is 2.60. The number of para-hydroxylation sites is 2. The van der Waals surface area contributed by atoms with E-state index in [9.17, 15) is 14.4 Å². The molecule has 0 aromatic heterocycles. The Labute approximate surface area is 201 Å². The Balaban J connectivity index is 1.39. The fourth-order valence-electron chi connectivity index (χ4n) is 5.92. The monoisotopic (exact) mass is 510 g/mol. The first-order valence-corrected chi connectivity index (χ1v) is 12.5. The lowest BCUT2D eigenvalue weighted by Gasteiger charge is -2.27. The van der Waals surface area contributed by atoms with Gasteiger partial charge in [-0.25, -0.2) is 0 Å². The van der Waals surface area contributed by atoms with E-state index in [0.717, 1.165) is 36.1 Å². The number of carbonyl (C=O) groups excluding carboxylic acids is 3. The summed E-state index contributed by atoms with van der Waals surface area (Å²) in [5.74, 6) is -1.46. The van der Waals surface area contributed by atoms with E-state index in [1.54, 1.807) is 24.3 Å². The lowest BCUT2D eigenvalue weighted by atomic mass is 9.79. The number of alkyl halides is 1. The standard InChI is InChI=1S/C26H27BrN2O4/c1-3-13-8-7-9-14(4-2)22(13)29-24(30)15-10-5-6-11-18(15)28-25(31)19-16-12-17-20(19)26(32)33-23(17)21(16)27/h5-11,16-17,19-21,23H,3-4,12H2,1-2H3,(H,28,31)(H,29,30)/t16-,17-,19-,20+,21-,23+/m1/s1. The average molecular weight is 511 g/mol. The molecule has 2 bridgehead atoms. The second-order valence-corrected chi connectivity index (χ2v) is 10.2. The number of anilines is 2. The first-order chi connectivity index (χ1) is 15.9. The van der Waals surface area contributed by atoms with Gasteiger partial charge in [0.25, 0.3) is 5.91 Å². The van der Waals surface area contributed by atoms with Crippen molar-refractivity contribution in [1.82, 2.24) is 0 Å². The summed E-state index contributed by atoms with van der Waals surface area (Å²) in [5, 5.41) is 6.03. The number of carbonyl (C=O) groups is 3. The molecule has 5 rings (SSSR count). The SMILES string of the molecule is CCc1cccc(CC)c1NC(=O)c1ccccc1NC(=O)[C@@H]1[C@H]2C[C@H]3[C@H](OC(=O)[C@@H]31)[C@@H]2Br. The number of ether oxygens (including phenoxy) is 1. The maximum Gasteiger partial charge on any atom is 0.310 e. The lowest BCUT2D eigenvalue weighted by Crippen LogP contribution is -2.40. The highest BCUT2D eigenvalue weighted by Gasteiger charge is 2.67. The van der Waals surface area contributed by atoms with Crippen LogP contribution in [-0.2, 0) is 27.2 Å². The molecule has 3 aliphatic rings. The van der Waals surface area contributed by atoms with Gasteiger partial charge >= 0.3 is 5.97 Å². The van der Waals surface area contributed by atoms with E-state index in [4.69, 9.17) is 4.74 Å². The molecular formula is C26H27BrN2O4. The maximum atomic E-state index is 13.3. The summed E-state index contributed by atoms with van der Waals surface area (Å²) in [6.45, 7) is 4.12. The zero-order valence-electron chi connectivity index (χ0n) is 18.6. The van der Waals surface area contributed by atoms with Gasteiger partial charge in [-0.1, -0.05) is 60.1 Å². The molecule has 3 fully saturated rings. The largest absolute Gasteiger partial charge is 0.461 e. The predicted octanol–water partition coefficient (Wildman–Crippen LogP) is 4.57. The molecule has 2 aromatic rings. The third-order valence-corrected chi connectivity index (χ3v) is 8.69. The van der Waals surface area contributed by atoms with Crippen LogP contribution in [0.3, 0.4) is 0 Å². The minimum Gasteiger partial charge on any atom is -0.461 e. The second kappa shape index (κ2) is 8.60. The molecule has 1 aliphatic heterocycles. The molecule has 0 radical (unpaired) electrons. The number of rotatable bonds is 6. The van der Waals surface area contributed by atoms with E-state index in [1.807, 2.05) is 18.2 Å². The summed E-state index contributed by atoms with van der Waals surface area (Å²) < 4.78 is 5.52. The van der Waals surface area contributed by atoms with Gasteiger partial charge in [-0.05, 0) is 48.4 Å². The molecule has 2 saturated carbocycles. The third kappa shape index (κ3) is 3.57. The van der Waals surface area contributed by atoms with Gasteiger partial charge < -0.3 is 15.4 Å². The summed E-state index contributed by atoms with van der Waals surface area (Å²) in [4.78, 5) is 39.1. The number of halogens is 1. The molecule has 2 amide bonds. The molecule has 0 unspecified atom stereocenters. The van der Waals surface area contributed by atoms with E-state index in [1.165, 1.54) is 0 Å². The number of benzene rings is 2. The van der Waals surface area contributed by atoms with E-state index in [2.05, 4.69) is 40.4 Å². The zero-order valence-corrected chi connectivity index (χ0v) is 20.2. The quantitative estimate of drug-likeness (QED) is 0.440. The number of aryl methyl sites for hydroxylation is 2. The van der Waals surface area contributed by atoms with Crippen LogP contribution < -0.4 is 10.6 Å². The van der Waals surface area contributed by atoms with Crippen molar-refractivity contribution in [3.63, 3.8) is 0 Å². The normalized spacial score (nSPS) is 29.1. The molecular weight excluding hydrogens is 484 g/mol. The number of nitrogens with one attached hydrogen (secondary N) is 2. The Morgan fingerprint density at radius 1 is 1.00 bits per heavy atom. The molecule has 6 atom stereocenters. The average Bonchev–Trinajstić information content (AvgIpc) is 3.43. The van der Waals surface area contributed by atoms with Crippen LogP contribution in [0.1, 0.15) is 41.8 Å². The number of hydrogen-bond donors (Lipinski definition) is 2. The Morgan fingerprint density at radius 2 is 1.70 bits per heavy atom. The Morgan fingerprint density at radius 3 is 2.39 bits per heavy atom. The minimum absolute atomic E-state index is 0.00231. The van der Waals surface area contributed by atoms with E-state index in [-0.39, 0.29) is 40.6 Å². The topological polar surface area (TPSA) is 84.5 Å². The van der Waals surface area contributed by atoms with Gasteiger partial charge in [-0.3, -0.25) is 14.4 Å². The summed E-state index contributed by atoms with van der Waals surface area (Å²) >= 11 is 3.65. The highest BCUT2D eigenvalue weighted by molar-refractivity contribution is 9.09. The molecule has 6 nitrogen and oxygen atoms in total. The third-order valence-electron chi connectivity index (χ3n) is 7.49. The van der Waals surface area contributed by atoms with Gasteiger partial charge in [0, 0.05) is 11.6 Å². The molecule has 172 valence electrons. The molecule has 7 heteroatoms. The number of esters is 1. The van der Waals surface area contributed by atoms with Crippen molar-refractivity contribution >= 4 is 45.1 Å². The zero-order chi connectivity index (χ0) is 23.3. The smallest absolute Gasteiger partial charge is 0.310 e. The van der Waals surface area contributed by atoms with Crippen LogP contribution in [0.2, 0.25) is 0 Å². The Bertz CT molecular complexity index is 1110. The van der Waals surface area contributed by atoms with Gasteiger partial charge in [-0.2, -0.15) is 0 Å². The molecule has 0 spiro atoms. The summed E-state index contributed by atoms with van der Waals surface area (Å²) in [5.41, 5.74) is 3.82. The fraction of sp³-hybridized carbons (Fsp3) is 0.423. The van der Waals surface area contributed by atoms with Crippen molar-refractivity contribution in [1.29, 1.82) is 0 Å². The minimum atomic E-state index is -0.450. The van der Waals surface area contributed by atoms with E-state index < -0.39 is 11.8 Å². The van der Waals surface area contributed by atoms with Crippen LogP contribution in [0.25, 0.3) is 0 Å². The van der Waals surface area contributed by atoms with Crippen LogP contribution in [0, 0.1) is 23.7 Å². The van der Waals surface area contributed by atoms with Crippen LogP contribution in [-0.4, -0.2) is 28.7 Å². The van der Waals surface area contributed by atoms with Crippen LogP contribution in [0.15, 0.2) is 42.5 Å². The number of hydrogen-bond acceptors (Lipinski definition) is 4. The molecule has 1 saturated heterocycles. The van der Waals surface area contributed by atoms with Crippen molar-refractivity contribution in [3.05, 3.63) is 59.2 Å². The van der Waals surface area contributed by atoms with E-state index in [0.29, 0.717) is 11.3 Å². The van der Waals surface area contributed by atoms with Crippen LogP contribution in [0.5, 0.6) is 0 Å².